The number of aryl methyl sites for hydroxylation is 2. The first-order valence-electron chi connectivity index (χ1n) is 7.25. The van der Waals surface area contributed by atoms with Crippen LogP contribution in [-0.4, -0.2) is 72.4 Å². The van der Waals surface area contributed by atoms with E-state index in [4.69, 9.17) is 9.15 Å². The topological polar surface area (TPSA) is 62.0 Å². The van der Waals surface area contributed by atoms with Crippen molar-refractivity contribution in [3.8, 4) is 0 Å². The smallest absolute Gasteiger partial charge is 0.208 e. The summed E-state index contributed by atoms with van der Waals surface area (Å²) in [5, 5.41) is 9.19. The molecular formula is C14H25N3O3. The van der Waals surface area contributed by atoms with Gasteiger partial charge in [0.1, 0.15) is 5.76 Å². The third-order valence-electron chi connectivity index (χ3n) is 3.68. The fourth-order valence-electron chi connectivity index (χ4n) is 2.32. The maximum Gasteiger partial charge on any atom is 0.208 e. The first kappa shape index (κ1) is 15.4. The molecule has 0 saturated carbocycles. The molecule has 1 saturated heterocycles. The largest absolute Gasteiger partial charge is 0.444 e. The normalized spacial score (nSPS) is 17.0. The monoisotopic (exact) mass is 283 g/mol. The number of aliphatic hydroxyl groups is 1. The first-order chi connectivity index (χ1) is 9.69. The van der Waals surface area contributed by atoms with Gasteiger partial charge in [0.05, 0.1) is 32.1 Å². The zero-order chi connectivity index (χ0) is 14.4. The third-order valence-corrected chi connectivity index (χ3v) is 3.68. The minimum absolute atomic E-state index is 0.155. The van der Waals surface area contributed by atoms with Crippen molar-refractivity contribution in [3.63, 3.8) is 0 Å². The molecule has 2 heterocycles. The van der Waals surface area contributed by atoms with Gasteiger partial charge in [-0.1, -0.05) is 0 Å². The molecule has 0 bridgehead atoms. The molecule has 6 heteroatoms. The molecule has 2 rings (SSSR count). The van der Waals surface area contributed by atoms with E-state index in [1.54, 1.807) is 0 Å². The van der Waals surface area contributed by atoms with Crippen LogP contribution in [0, 0.1) is 13.8 Å². The van der Waals surface area contributed by atoms with Crippen LogP contribution in [0.4, 0.5) is 0 Å². The van der Waals surface area contributed by atoms with Crippen molar-refractivity contribution in [1.29, 1.82) is 0 Å². The Hall–Kier alpha value is -0.950. The predicted octanol–water partition coefficient (Wildman–Crippen LogP) is 0.418. The van der Waals surface area contributed by atoms with Gasteiger partial charge in [0.25, 0.3) is 0 Å². The molecule has 1 aromatic heterocycles. The lowest BCUT2D eigenvalue weighted by atomic mass is 10.3. The van der Waals surface area contributed by atoms with Crippen LogP contribution >= 0.6 is 0 Å². The fourth-order valence-corrected chi connectivity index (χ4v) is 2.32. The van der Waals surface area contributed by atoms with Crippen molar-refractivity contribution in [2.24, 2.45) is 0 Å². The van der Waals surface area contributed by atoms with Crippen LogP contribution in [-0.2, 0) is 11.3 Å². The Morgan fingerprint density at radius 1 is 1.25 bits per heavy atom. The fraction of sp³-hybridized carbons (Fsp3) is 0.786. The average molecular weight is 283 g/mol. The lowest BCUT2D eigenvalue weighted by Gasteiger charge is -2.29. The van der Waals surface area contributed by atoms with Crippen molar-refractivity contribution in [3.05, 3.63) is 17.3 Å². The molecule has 1 N–H and O–H groups in total. The number of hydrogen-bond acceptors (Lipinski definition) is 6. The van der Waals surface area contributed by atoms with Gasteiger partial charge in [0, 0.05) is 32.7 Å². The minimum Gasteiger partial charge on any atom is -0.444 e. The van der Waals surface area contributed by atoms with Gasteiger partial charge in [-0.2, -0.15) is 0 Å². The lowest BCUT2D eigenvalue weighted by Crippen LogP contribution is -2.41. The van der Waals surface area contributed by atoms with E-state index < -0.39 is 0 Å². The lowest BCUT2D eigenvalue weighted by molar-refractivity contribution is 0.0315. The molecule has 1 aromatic rings. The summed E-state index contributed by atoms with van der Waals surface area (Å²) in [6.07, 6.45) is 0. The molecule has 1 aliphatic rings. The van der Waals surface area contributed by atoms with Crippen molar-refractivity contribution in [1.82, 2.24) is 14.8 Å². The van der Waals surface area contributed by atoms with Crippen molar-refractivity contribution in [2.75, 3.05) is 52.5 Å². The molecule has 0 spiro atoms. The Labute approximate surface area is 120 Å². The molecule has 1 aliphatic heterocycles. The molecule has 0 radical (unpaired) electrons. The highest BCUT2D eigenvalue weighted by Gasteiger charge is 2.14. The van der Waals surface area contributed by atoms with Crippen LogP contribution in [0.2, 0.25) is 0 Å². The number of morpholine rings is 1. The Bertz CT molecular complexity index is 383. The van der Waals surface area contributed by atoms with E-state index in [1.807, 2.05) is 13.8 Å². The predicted molar refractivity (Wildman–Crippen MR) is 75.6 cm³/mol. The molecular weight excluding hydrogens is 258 g/mol. The highest BCUT2D eigenvalue weighted by atomic mass is 16.5. The molecule has 0 aromatic carbocycles. The Kier molecular flexibility index (Phi) is 5.97. The van der Waals surface area contributed by atoms with Gasteiger partial charge >= 0.3 is 0 Å². The van der Waals surface area contributed by atoms with E-state index in [0.717, 1.165) is 56.7 Å². The molecule has 0 aliphatic carbocycles. The van der Waals surface area contributed by atoms with Gasteiger partial charge in [-0.3, -0.25) is 9.80 Å². The summed E-state index contributed by atoms with van der Waals surface area (Å²) in [6, 6.07) is 0. The van der Waals surface area contributed by atoms with Crippen LogP contribution in [0.3, 0.4) is 0 Å². The maximum atomic E-state index is 9.19. The van der Waals surface area contributed by atoms with E-state index >= 15 is 0 Å². The highest BCUT2D eigenvalue weighted by molar-refractivity contribution is 5.05. The number of aromatic nitrogens is 1. The van der Waals surface area contributed by atoms with Gasteiger partial charge in [-0.15, -0.1) is 0 Å². The van der Waals surface area contributed by atoms with Crippen LogP contribution in [0.15, 0.2) is 4.42 Å². The minimum atomic E-state index is 0.155. The first-order valence-corrected chi connectivity index (χ1v) is 7.25. The third kappa shape index (κ3) is 4.56. The number of aliphatic hydroxyl groups excluding tert-OH is 1. The number of nitrogens with zero attached hydrogens (tertiary/aromatic N) is 3. The molecule has 6 nitrogen and oxygen atoms in total. The zero-order valence-electron chi connectivity index (χ0n) is 12.5. The number of rotatable bonds is 7. The second-order valence-corrected chi connectivity index (χ2v) is 5.20. The maximum absolute atomic E-state index is 9.19. The molecule has 0 atom stereocenters. The van der Waals surface area contributed by atoms with Crippen molar-refractivity contribution < 1.29 is 14.3 Å². The van der Waals surface area contributed by atoms with E-state index in [2.05, 4.69) is 14.8 Å². The average Bonchev–Trinajstić information content (AvgIpc) is 2.76. The standard InChI is InChI=1S/C14H25N3O3/c1-12-13(2)20-14(15-12)11-17(5-8-18)4-3-16-6-9-19-10-7-16/h18H,3-11H2,1-2H3. The van der Waals surface area contributed by atoms with E-state index in [-0.39, 0.29) is 6.61 Å². The summed E-state index contributed by atoms with van der Waals surface area (Å²) in [7, 11) is 0. The van der Waals surface area contributed by atoms with Crippen molar-refractivity contribution in [2.45, 2.75) is 20.4 Å². The molecule has 0 amide bonds. The summed E-state index contributed by atoms with van der Waals surface area (Å²) >= 11 is 0. The van der Waals surface area contributed by atoms with Gasteiger partial charge in [0.15, 0.2) is 0 Å². The SMILES string of the molecule is Cc1nc(CN(CCO)CCN2CCOCC2)oc1C. The molecule has 0 unspecified atom stereocenters. The molecule has 114 valence electrons. The second kappa shape index (κ2) is 7.73. The van der Waals surface area contributed by atoms with Crippen LogP contribution < -0.4 is 0 Å². The Morgan fingerprint density at radius 2 is 2.00 bits per heavy atom. The van der Waals surface area contributed by atoms with Gasteiger partial charge < -0.3 is 14.3 Å². The van der Waals surface area contributed by atoms with Gasteiger partial charge in [0.2, 0.25) is 5.89 Å². The summed E-state index contributed by atoms with van der Waals surface area (Å²) < 4.78 is 11.0. The summed E-state index contributed by atoms with van der Waals surface area (Å²) in [6.45, 7) is 10.8. The summed E-state index contributed by atoms with van der Waals surface area (Å²) in [4.78, 5) is 8.97. The van der Waals surface area contributed by atoms with Crippen LogP contribution in [0.5, 0.6) is 0 Å². The van der Waals surface area contributed by atoms with Crippen LogP contribution in [0.1, 0.15) is 17.3 Å². The highest BCUT2D eigenvalue weighted by Crippen LogP contribution is 2.10. The molecule has 20 heavy (non-hydrogen) atoms. The summed E-state index contributed by atoms with van der Waals surface area (Å²) in [5.74, 6) is 1.60. The van der Waals surface area contributed by atoms with E-state index in [1.165, 1.54) is 0 Å². The quantitative estimate of drug-likeness (QED) is 0.782. The molecule has 1 fully saturated rings. The van der Waals surface area contributed by atoms with Gasteiger partial charge in [-0.25, -0.2) is 4.98 Å². The summed E-state index contributed by atoms with van der Waals surface area (Å²) in [5.41, 5.74) is 0.942. The van der Waals surface area contributed by atoms with Crippen LogP contribution in [0.25, 0.3) is 0 Å². The zero-order valence-corrected chi connectivity index (χ0v) is 12.5. The number of hydrogen-bond donors (Lipinski definition) is 1. The number of oxazole rings is 1. The van der Waals surface area contributed by atoms with E-state index in [9.17, 15) is 5.11 Å². The number of ether oxygens (including phenoxy) is 1. The Morgan fingerprint density at radius 3 is 2.60 bits per heavy atom. The van der Waals surface area contributed by atoms with Crippen molar-refractivity contribution >= 4 is 0 Å². The van der Waals surface area contributed by atoms with E-state index in [0.29, 0.717) is 13.1 Å². The Balaban J connectivity index is 1.82. The second-order valence-electron chi connectivity index (χ2n) is 5.20. The van der Waals surface area contributed by atoms with Gasteiger partial charge in [-0.05, 0) is 13.8 Å².